The number of halogens is 3. The molecule has 0 aromatic carbocycles. The Hall–Kier alpha value is -1.53. The molecule has 4 nitrogen and oxygen atoms in total. The number of amides is 1. The van der Waals surface area contributed by atoms with Gasteiger partial charge in [-0.05, 0) is 31.7 Å². The molecular weight excluding hydrogens is 283 g/mol. The molecule has 2 aliphatic carbocycles. The van der Waals surface area contributed by atoms with Crippen LogP contribution >= 0.6 is 0 Å². The van der Waals surface area contributed by atoms with Gasteiger partial charge >= 0.3 is 6.18 Å². The van der Waals surface area contributed by atoms with Crippen LogP contribution in [0.1, 0.15) is 49.9 Å². The minimum Gasteiger partial charge on any atom is -0.353 e. The van der Waals surface area contributed by atoms with E-state index in [0.29, 0.717) is 5.69 Å². The molecule has 1 unspecified atom stereocenters. The number of alkyl halides is 3. The molecule has 3 rings (SSSR count). The van der Waals surface area contributed by atoms with Crippen molar-refractivity contribution in [3.05, 3.63) is 17.5 Å². The lowest BCUT2D eigenvalue weighted by molar-refractivity contribution is -0.141. The molecule has 7 heteroatoms. The Bertz CT molecular complexity index is 544. The number of aromatic nitrogens is 2. The minimum atomic E-state index is -4.44. The summed E-state index contributed by atoms with van der Waals surface area (Å²) in [6.07, 6.45) is -0.663. The average molecular weight is 301 g/mol. The highest BCUT2D eigenvalue weighted by Gasteiger charge is 2.38. The molecule has 1 atom stereocenters. The normalized spacial score (nSPS) is 20.4. The number of hydrogen-bond donors (Lipinski definition) is 1. The van der Waals surface area contributed by atoms with Crippen LogP contribution in [0.2, 0.25) is 0 Å². The minimum absolute atomic E-state index is 0.108. The highest BCUT2D eigenvalue weighted by atomic mass is 19.4. The Morgan fingerprint density at radius 2 is 2.10 bits per heavy atom. The molecule has 1 heterocycles. The quantitative estimate of drug-likeness (QED) is 0.909. The molecule has 0 saturated heterocycles. The molecule has 1 N–H and O–H groups in total. The van der Waals surface area contributed by atoms with Gasteiger partial charge in [-0.1, -0.05) is 6.92 Å². The van der Waals surface area contributed by atoms with E-state index in [4.69, 9.17) is 0 Å². The van der Waals surface area contributed by atoms with Crippen molar-refractivity contribution < 1.29 is 18.0 Å². The maximum Gasteiger partial charge on any atom is 0.435 e. The third-order valence-electron chi connectivity index (χ3n) is 3.92. The number of nitrogens with one attached hydrogen (secondary N) is 1. The van der Waals surface area contributed by atoms with Gasteiger partial charge in [0.05, 0.1) is 12.5 Å². The zero-order valence-corrected chi connectivity index (χ0v) is 11.8. The van der Waals surface area contributed by atoms with Gasteiger partial charge < -0.3 is 5.32 Å². The Morgan fingerprint density at radius 1 is 1.43 bits per heavy atom. The first-order valence-electron chi connectivity index (χ1n) is 7.30. The fraction of sp³-hybridized carbons (Fsp3) is 0.714. The van der Waals surface area contributed by atoms with Crippen molar-refractivity contribution in [3.8, 4) is 0 Å². The third-order valence-corrected chi connectivity index (χ3v) is 3.92. The lowest BCUT2D eigenvalue weighted by Crippen LogP contribution is -2.33. The summed E-state index contributed by atoms with van der Waals surface area (Å²) in [6, 6.07) is 1.38. The number of carbonyl (C=O) groups is 1. The van der Waals surface area contributed by atoms with Crippen LogP contribution in [0.3, 0.4) is 0 Å². The van der Waals surface area contributed by atoms with E-state index in [1.807, 2.05) is 0 Å². The van der Waals surface area contributed by atoms with Gasteiger partial charge in [-0.2, -0.15) is 18.3 Å². The number of carbonyl (C=O) groups excluding carboxylic acids is 1. The number of hydrogen-bond acceptors (Lipinski definition) is 2. The van der Waals surface area contributed by atoms with E-state index in [9.17, 15) is 18.0 Å². The van der Waals surface area contributed by atoms with Crippen molar-refractivity contribution in [3.63, 3.8) is 0 Å². The lowest BCUT2D eigenvalue weighted by Gasteiger charge is -2.14. The van der Waals surface area contributed by atoms with E-state index in [-0.39, 0.29) is 30.3 Å². The van der Waals surface area contributed by atoms with E-state index < -0.39 is 11.9 Å². The second-order valence-corrected chi connectivity index (χ2v) is 6.09. The van der Waals surface area contributed by atoms with Crippen LogP contribution in [0.5, 0.6) is 0 Å². The van der Waals surface area contributed by atoms with Gasteiger partial charge in [0.2, 0.25) is 5.91 Å². The molecule has 116 valence electrons. The van der Waals surface area contributed by atoms with Crippen LogP contribution in [0.4, 0.5) is 13.2 Å². The van der Waals surface area contributed by atoms with Crippen molar-refractivity contribution in [1.82, 2.24) is 15.1 Å². The van der Waals surface area contributed by atoms with Gasteiger partial charge in [-0.3, -0.25) is 9.48 Å². The lowest BCUT2D eigenvalue weighted by atomic mass is 10.1. The molecule has 0 aliphatic heterocycles. The van der Waals surface area contributed by atoms with E-state index >= 15 is 0 Å². The van der Waals surface area contributed by atoms with E-state index in [2.05, 4.69) is 10.4 Å². The standard InChI is InChI=1S/C14H18F3N3O/c1-8(13(21)18-10-4-5-10)7-20-11(9-2-3-9)6-12(19-20)14(15,16)17/h6,8-10H,2-5,7H2,1H3,(H,18,21). The van der Waals surface area contributed by atoms with Crippen molar-refractivity contribution in [2.75, 3.05) is 0 Å². The van der Waals surface area contributed by atoms with Crippen LogP contribution in [0, 0.1) is 5.92 Å². The molecule has 2 aliphatic rings. The largest absolute Gasteiger partial charge is 0.435 e. The van der Waals surface area contributed by atoms with Gasteiger partial charge in [-0.15, -0.1) is 0 Å². The summed E-state index contributed by atoms with van der Waals surface area (Å²) in [4.78, 5) is 11.9. The van der Waals surface area contributed by atoms with Crippen molar-refractivity contribution in [2.24, 2.45) is 5.92 Å². The molecule has 21 heavy (non-hydrogen) atoms. The zero-order chi connectivity index (χ0) is 15.2. The van der Waals surface area contributed by atoms with Crippen LogP contribution in [-0.2, 0) is 17.5 Å². The summed E-state index contributed by atoms with van der Waals surface area (Å²) < 4.78 is 39.7. The first kappa shape index (κ1) is 14.4. The summed E-state index contributed by atoms with van der Waals surface area (Å²) in [5.74, 6) is -0.334. The molecule has 1 amide bonds. The van der Waals surface area contributed by atoms with Gasteiger partial charge in [0.1, 0.15) is 0 Å². The maximum atomic E-state index is 12.8. The summed E-state index contributed by atoms with van der Waals surface area (Å²) in [7, 11) is 0. The number of rotatable bonds is 5. The molecule has 2 fully saturated rings. The highest BCUT2D eigenvalue weighted by Crippen LogP contribution is 2.42. The molecule has 0 spiro atoms. The van der Waals surface area contributed by atoms with E-state index in [1.165, 1.54) is 4.68 Å². The van der Waals surface area contributed by atoms with Crippen LogP contribution in [0.25, 0.3) is 0 Å². The second-order valence-electron chi connectivity index (χ2n) is 6.09. The van der Waals surface area contributed by atoms with Crippen molar-refractivity contribution >= 4 is 5.91 Å². The van der Waals surface area contributed by atoms with Gasteiger partial charge in [0.25, 0.3) is 0 Å². The molecule has 0 radical (unpaired) electrons. The Morgan fingerprint density at radius 3 is 2.62 bits per heavy atom. The molecule has 1 aromatic heterocycles. The molecule has 0 bridgehead atoms. The van der Waals surface area contributed by atoms with Crippen molar-refractivity contribution in [1.29, 1.82) is 0 Å². The first-order chi connectivity index (χ1) is 9.84. The predicted octanol–water partition coefficient (Wildman–Crippen LogP) is 2.69. The van der Waals surface area contributed by atoms with Gasteiger partial charge in [0, 0.05) is 17.7 Å². The molecule has 2 saturated carbocycles. The molecule has 1 aromatic rings. The third kappa shape index (κ3) is 3.39. The topological polar surface area (TPSA) is 46.9 Å². The van der Waals surface area contributed by atoms with Crippen molar-refractivity contribution in [2.45, 2.75) is 57.3 Å². The SMILES string of the molecule is CC(Cn1nc(C(F)(F)F)cc1C1CC1)C(=O)NC1CC1. The van der Waals surface area contributed by atoms with E-state index in [1.54, 1.807) is 6.92 Å². The monoisotopic (exact) mass is 301 g/mol. The van der Waals surface area contributed by atoms with Crippen LogP contribution in [-0.4, -0.2) is 21.7 Å². The predicted molar refractivity (Wildman–Crippen MR) is 69.5 cm³/mol. The highest BCUT2D eigenvalue weighted by molar-refractivity contribution is 5.78. The fourth-order valence-corrected chi connectivity index (χ4v) is 2.34. The smallest absolute Gasteiger partial charge is 0.353 e. The van der Waals surface area contributed by atoms with Gasteiger partial charge in [-0.25, -0.2) is 0 Å². The summed E-state index contributed by atoms with van der Waals surface area (Å²) in [6.45, 7) is 1.92. The summed E-state index contributed by atoms with van der Waals surface area (Å²) in [5.41, 5.74) is -0.257. The van der Waals surface area contributed by atoms with Gasteiger partial charge in [0.15, 0.2) is 5.69 Å². The van der Waals surface area contributed by atoms with Crippen LogP contribution < -0.4 is 5.32 Å². The Labute approximate surface area is 120 Å². The van der Waals surface area contributed by atoms with Crippen LogP contribution in [0.15, 0.2) is 6.07 Å². The van der Waals surface area contributed by atoms with E-state index in [0.717, 1.165) is 31.7 Å². The zero-order valence-electron chi connectivity index (χ0n) is 11.8. The fourth-order valence-electron chi connectivity index (χ4n) is 2.34. The first-order valence-corrected chi connectivity index (χ1v) is 7.30. The summed E-state index contributed by atoms with van der Waals surface area (Å²) >= 11 is 0. The number of nitrogens with zero attached hydrogens (tertiary/aromatic N) is 2. The summed E-state index contributed by atoms with van der Waals surface area (Å²) in [5, 5.41) is 6.54. The maximum absolute atomic E-state index is 12.8. The average Bonchev–Trinajstić information content (AvgIpc) is 3.29. The Balaban J connectivity index is 1.73. The Kier molecular flexibility index (Phi) is 3.45. The molecular formula is C14H18F3N3O. The second kappa shape index (κ2) is 5.03.